The summed E-state index contributed by atoms with van der Waals surface area (Å²) in [6.45, 7) is -0.711. The SMILES string of the molecule is CS(=O)(=O)c1ccc(C(=O)OCC(=O)N[C@@H]2CCS(=O)(=O)C2)cc1[N+](=O)[O-]. The molecule has 0 radical (unpaired) electrons. The first-order chi connectivity index (χ1) is 12.4. The van der Waals surface area contributed by atoms with Gasteiger partial charge in [0.2, 0.25) is 0 Å². The van der Waals surface area contributed by atoms with Gasteiger partial charge in [-0.15, -0.1) is 0 Å². The van der Waals surface area contributed by atoms with E-state index in [9.17, 15) is 36.5 Å². The molecule has 13 heteroatoms. The Bertz CT molecular complexity index is 999. The second-order valence-electron chi connectivity index (χ2n) is 5.96. The molecule has 0 saturated carbocycles. The Hall–Kier alpha value is -2.54. The van der Waals surface area contributed by atoms with E-state index in [0.29, 0.717) is 0 Å². The standard InChI is InChI=1S/C14H16N2O9S2/c1-26(21,22)12-3-2-9(6-11(12)16(19)20)14(18)25-7-13(17)15-10-4-5-27(23,24)8-10/h2-3,6,10H,4-5,7-8H2,1H3,(H,15,17)/t10-/m1/s1. The highest BCUT2D eigenvalue weighted by atomic mass is 32.2. The normalized spacial score (nSPS) is 18.6. The van der Waals surface area contributed by atoms with E-state index >= 15 is 0 Å². The number of benzene rings is 1. The van der Waals surface area contributed by atoms with Crippen LogP contribution in [0.2, 0.25) is 0 Å². The number of amides is 1. The van der Waals surface area contributed by atoms with Gasteiger partial charge >= 0.3 is 5.97 Å². The summed E-state index contributed by atoms with van der Waals surface area (Å²) in [4.78, 5) is 33.2. The summed E-state index contributed by atoms with van der Waals surface area (Å²) in [7, 11) is -7.06. The van der Waals surface area contributed by atoms with Crippen LogP contribution in [-0.4, -0.2) is 64.0 Å². The smallest absolute Gasteiger partial charge is 0.338 e. The average molecular weight is 420 g/mol. The summed E-state index contributed by atoms with van der Waals surface area (Å²) in [5.74, 6) is -2.00. The zero-order valence-electron chi connectivity index (χ0n) is 14.1. The van der Waals surface area contributed by atoms with Crippen molar-refractivity contribution in [3.8, 4) is 0 Å². The molecule has 1 aliphatic heterocycles. The minimum atomic E-state index is -3.88. The van der Waals surface area contributed by atoms with E-state index in [0.717, 1.165) is 24.5 Å². The summed E-state index contributed by atoms with van der Waals surface area (Å²) in [6, 6.07) is 2.14. The van der Waals surface area contributed by atoms with E-state index in [1.54, 1.807) is 0 Å². The summed E-state index contributed by atoms with van der Waals surface area (Å²) >= 11 is 0. The molecule has 0 aliphatic carbocycles. The van der Waals surface area contributed by atoms with Gasteiger partial charge in [-0.1, -0.05) is 0 Å². The lowest BCUT2D eigenvalue weighted by Crippen LogP contribution is -2.38. The topological polar surface area (TPSA) is 167 Å². The minimum Gasteiger partial charge on any atom is -0.452 e. The van der Waals surface area contributed by atoms with Crippen molar-refractivity contribution in [2.75, 3.05) is 24.4 Å². The maximum absolute atomic E-state index is 12.0. The van der Waals surface area contributed by atoms with Crippen molar-refractivity contribution in [3.63, 3.8) is 0 Å². The molecule has 11 nitrogen and oxygen atoms in total. The first-order valence-corrected chi connectivity index (χ1v) is 11.3. The van der Waals surface area contributed by atoms with E-state index in [-0.39, 0.29) is 23.5 Å². The molecule has 1 aromatic rings. The minimum absolute atomic E-state index is 0.0336. The van der Waals surface area contributed by atoms with E-state index in [2.05, 4.69) is 5.32 Å². The van der Waals surface area contributed by atoms with Crippen molar-refractivity contribution in [1.82, 2.24) is 5.32 Å². The van der Waals surface area contributed by atoms with Crippen LogP contribution in [0.25, 0.3) is 0 Å². The molecule has 27 heavy (non-hydrogen) atoms. The molecule has 0 unspecified atom stereocenters. The van der Waals surface area contributed by atoms with Gasteiger partial charge in [0.05, 0.1) is 22.0 Å². The van der Waals surface area contributed by atoms with Gasteiger partial charge in [0.25, 0.3) is 11.6 Å². The van der Waals surface area contributed by atoms with Crippen LogP contribution in [0.5, 0.6) is 0 Å². The molecule has 1 aliphatic rings. The monoisotopic (exact) mass is 420 g/mol. The van der Waals surface area contributed by atoms with Crippen LogP contribution in [0.3, 0.4) is 0 Å². The highest BCUT2D eigenvalue weighted by molar-refractivity contribution is 7.91. The van der Waals surface area contributed by atoms with Gasteiger partial charge < -0.3 is 10.1 Å². The number of hydrogen-bond acceptors (Lipinski definition) is 9. The van der Waals surface area contributed by atoms with E-state index < -0.39 is 59.7 Å². The van der Waals surface area contributed by atoms with Crippen LogP contribution in [0.4, 0.5) is 5.69 Å². The van der Waals surface area contributed by atoms with Crippen LogP contribution in [0, 0.1) is 10.1 Å². The van der Waals surface area contributed by atoms with Crippen LogP contribution < -0.4 is 5.32 Å². The number of ether oxygens (including phenoxy) is 1. The highest BCUT2D eigenvalue weighted by Gasteiger charge is 2.29. The zero-order chi connectivity index (χ0) is 20.4. The number of sulfone groups is 2. The van der Waals surface area contributed by atoms with Gasteiger partial charge in [-0.05, 0) is 18.6 Å². The molecule has 148 valence electrons. The highest BCUT2D eigenvalue weighted by Crippen LogP contribution is 2.25. The van der Waals surface area contributed by atoms with Gasteiger partial charge in [0, 0.05) is 18.4 Å². The van der Waals surface area contributed by atoms with E-state index in [4.69, 9.17) is 4.74 Å². The van der Waals surface area contributed by atoms with Gasteiger partial charge in [-0.3, -0.25) is 14.9 Å². The Morgan fingerprint density at radius 3 is 2.56 bits per heavy atom. The maximum Gasteiger partial charge on any atom is 0.338 e. The quantitative estimate of drug-likeness (QED) is 0.361. The number of nitro groups is 1. The largest absolute Gasteiger partial charge is 0.452 e. The van der Waals surface area contributed by atoms with Crippen LogP contribution >= 0.6 is 0 Å². The third-order valence-electron chi connectivity index (χ3n) is 3.72. The fourth-order valence-electron chi connectivity index (χ4n) is 2.49. The fraction of sp³-hybridized carbons (Fsp3) is 0.429. The molecule has 1 aromatic carbocycles. The van der Waals surface area contributed by atoms with Crippen molar-refractivity contribution in [2.24, 2.45) is 0 Å². The molecular weight excluding hydrogens is 404 g/mol. The van der Waals surface area contributed by atoms with Gasteiger partial charge in [0.1, 0.15) is 4.90 Å². The van der Waals surface area contributed by atoms with Crippen LogP contribution in [0.15, 0.2) is 23.1 Å². The average Bonchev–Trinajstić information content (AvgIpc) is 2.89. The Labute approximate surface area is 154 Å². The number of esters is 1. The Balaban J connectivity index is 2.03. The lowest BCUT2D eigenvalue weighted by atomic mass is 10.2. The molecule has 1 amide bonds. The van der Waals surface area contributed by atoms with Gasteiger partial charge in [-0.2, -0.15) is 0 Å². The van der Waals surface area contributed by atoms with Crippen molar-refractivity contribution in [2.45, 2.75) is 17.4 Å². The maximum atomic E-state index is 12.0. The second-order valence-corrected chi connectivity index (χ2v) is 10.2. The van der Waals surface area contributed by atoms with E-state index in [1.807, 2.05) is 0 Å². The molecule has 1 atom stereocenters. The Kier molecular flexibility index (Phi) is 5.85. The van der Waals surface area contributed by atoms with Crippen LogP contribution in [-0.2, 0) is 29.2 Å². The first-order valence-electron chi connectivity index (χ1n) is 7.54. The summed E-state index contributed by atoms with van der Waals surface area (Å²) in [5, 5.41) is 13.4. The summed E-state index contributed by atoms with van der Waals surface area (Å²) in [6.07, 6.45) is 1.06. The van der Waals surface area contributed by atoms with E-state index in [1.165, 1.54) is 0 Å². The lowest BCUT2D eigenvalue weighted by molar-refractivity contribution is -0.387. The van der Waals surface area contributed by atoms with Crippen molar-refractivity contribution in [1.29, 1.82) is 0 Å². The number of carbonyl (C=O) groups is 2. The molecule has 1 N–H and O–H groups in total. The molecule has 0 aromatic heterocycles. The third-order valence-corrected chi connectivity index (χ3v) is 6.63. The predicted molar refractivity (Wildman–Crippen MR) is 91.7 cm³/mol. The number of nitrogens with one attached hydrogen (secondary N) is 1. The van der Waals surface area contributed by atoms with Crippen molar-refractivity contribution >= 4 is 37.2 Å². The Morgan fingerprint density at radius 2 is 2.04 bits per heavy atom. The number of rotatable bonds is 6. The number of carbonyl (C=O) groups excluding carboxylic acids is 2. The zero-order valence-corrected chi connectivity index (χ0v) is 15.7. The molecule has 1 heterocycles. The molecule has 0 spiro atoms. The molecule has 1 fully saturated rings. The predicted octanol–water partition coefficient (Wildman–Crippen LogP) is -0.542. The number of hydrogen-bond donors (Lipinski definition) is 1. The lowest BCUT2D eigenvalue weighted by Gasteiger charge is -2.11. The van der Waals surface area contributed by atoms with Gasteiger partial charge in [-0.25, -0.2) is 21.6 Å². The Morgan fingerprint density at radius 1 is 1.37 bits per heavy atom. The number of nitro benzene ring substituents is 1. The molecule has 1 saturated heterocycles. The number of nitrogens with zero attached hydrogens (tertiary/aromatic N) is 1. The molecular formula is C14H16N2O9S2. The fourth-order valence-corrected chi connectivity index (χ4v) is 5.00. The molecule has 2 rings (SSSR count). The van der Waals surface area contributed by atoms with Crippen LogP contribution in [0.1, 0.15) is 16.8 Å². The van der Waals surface area contributed by atoms with Gasteiger partial charge in [0.15, 0.2) is 26.3 Å². The van der Waals surface area contributed by atoms with Crippen molar-refractivity contribution in [3.05, 3.63) is 33.9 Å². The third kappa shape index (κ3) is 5.47. The first kappa shape index (κ1) is 20.8. The molecule has 0 bridgehead atoms. The second kappa shape index (κ2) is 7.60. The summed E-state index contributed by atoms with van der Waals surface area (Å²) in [5.41, 5.74) is -1.09. The summed E-state index contributed by atoms with van der Waals surface area (Å²) < 4.78 is 50.5. The van der Waals surface area contributed by atoms with Crippen molar-refractivity contribution < 1.29 is 36.1 Å².